The summed E-state index contributed by atoms with van der Waals surface area (Å²) in [5.74, 6) is 0. The Bertz CT molecular complexity index is 702. The van der Waals surface area contributed by atoms with Crippen LogP contribution in [0.4, 0.5) is 0 Å². The van der Waals surface area contributed by atoms with Gasteiger partial charge in [-0.05, 0) is 18.4 Å². The van der Waals surface area contributed by atoms with Crippen molar-refractivity contribution in [2.24, 2.45) is 0 Å². The molecule has 0 aliphatic heterocycles. The van der Waals surface area contributed by atoms with E-state index in [1.54, 1.807) is 0 Å². The van der Waals surface area contributed by atoms with E-state index in [0.29, 0.717) is 0 Å². The van der Waals surface area contributed by atoms with Gasteiger partial charge in [-0.15, -0.1) is 5.10 Å². The highest BCUT2D eigenvalue weighted by Crippen LogP contribution is 2.24. The molecule has 3 heteroatoms. The van der Waals surface area contributed by atoms with Crippen LogP contribution in [0.2, 0.25) is 0 Å². The van der Waals surface area contributed by atoms with Crippen molar-refractivity contribution in [1.29, 1.82) is 0 Å². The number of hydrogen-bond acceptors (Lipinski definition) is 2. The van der Waals surface area contributed by atoms with Crippen LogP contribution in [0.25, 0.3) is 11.3 Å². The maximum Gasteiger partial charge on any atom is 0.0921 e. The second-order valence-electron chi connectivity index (χ2n) is 5.50. The van der Waals surface area contributed by atoms with Crippen LogP contribution in [0.1, 0.15) is 31.0 Å². The van der Waals surface area contributed by atoms with Gasteiger partial charge in [0, 0.05) is 5.56 Å². The van der Waals surface area contributed by atoms with Gasteiger partial charge in [0.25, 0.3) is 0 Å². The Kier molecular flexibility index (Phi) is 4.64. The molecule has 3 rings (SSSR count). The van der Waals surface area contributed by atoms with E-state index in [0.717, 1.165) is 30.8 Å². The van der Waals surface area contributed by atoms with Crippen molar-refractivity contribution in [3.8, 4) is 11.3 Å². The first-order valence-corrected chi connectivity index (χ1v) is 7.90. The Morgan fingerprint density at radius 2 is 1.59 bits per heavy atom. The Balaban J connectivity index is 1.97. The van der Waals surface area contributed by atoms with Crippen LogP contribution >= 0.6 is 0 Å². The van der Waals surface area contributed by atoms with Crippen molar-refractivity contribution in [2.75, 3.05) is 0 Å². The molecule has 0 saturated heterocycles. The molecule has 0 aliphatic rings. The molecule has 0 amide bonds. The van der Waals surface area contributed by atoms with Crippen LogP contribution in [0.15, 0.2) is 60.7 Å². The van der Waals surface area contributed by atoms with Gasteiger partial charge < -0.3 is 0 Å². The lowest BCUT2D eigenvalue weighted by Crippen LogP contribution is -2.04. The molecule has 1 heterocycles. The Morgan fingerprint density at radius 3 is 2.27 bits per heavy atom. The minimum absolute atomic E-state index is 0.754. The maximum atomic E-state index is 4.44. The van der Waals surface area contributed by atoms with Crippen molar-refractivity contribution in [3.05, 3.63) is 71.9 Å². The Hall–Kier alpha value is -2.42. The first kappa shape index (κ1) is 14.5. The quantitative estimate of drug-likeness (QED) is 0.676. The molecule has 0 N–H and O–H groups in total. The van der Waals surface area contributed by atoms with Crippen molar-refractivity contribution in [1.82, 2.24) is 15.0 Å². The van der Waals surface area contributed by atoms with Gasteiger partial charge in [-0.3, -0.25) is 0 Å². The molecule has 22 heavy (non-hydrogen) atoms. The zero-order valence-corrected chi connectivity index (χ0v) is 12.9. The molecule has 0 radical (unpaired) electrons. The van der Waals surface area contributed by atoms with Crippen LogP contribution in [0, 0.1) is 0 Å². The van der Waals surface area contributed by atoms with E-state index in [-0.39, 0.29) is 0 Å². The third-order valence-electron chi connectivity index (χ3n) is 3.79. The van der Waals surface area contributed by atoms with Crippen LogP contribution in [0.5, 0.6) is 0 Å². The third kappa shape index (κ3) is 3.25. The molecule has 0 bridgehead atoms. The average Bonchev–Trinajstić information content (AvgIpc) is 2.97. The SMILES string of the molecule is CCCCc1nnn(Cc2ccccc2)c1-c1ccccc1. The maximum absolute atomic E-state index is 4.44. The number of benzene rings is 2. The first-order valence-electron chi connectivity index (χ1n) is 7.90. The highest BCUT2D eigenvalue weighted by molar-refractivity contribution is 5.61. The predicted octanol–water partition coefficient (Wildman–Crippen LogP) is 4.34. The highest BCUT2D eigenvalue weighted by atomic mass is 15.4. The van der Waals surface area contributed by atoms with Gasteiger partial charge in [-0.1, -0.05) is 79.2 Å². The van der Waals surface area contributed by atoms with Crippen molar-refractivity contribution in [3.63, 3.8) is 0 Å². The van der Waals surface area contributed by atoms with Crippen molar-refractivity contribution < 1.29 is 0 Å². The van der Waals surface area contributed by atoms with Gasteiger partial charge >= 0.3 is 0 Å². The monoisotopic (exact) mass is 291 g/mol. The van der Waals surface area contributed by atoms with E-state index in [9.17, 15) is 0 Å². The molecule has 3 aromatic rings. The molecule has 0 spiro atoms. The number of aryl methyl sites for hydroxylation is 1. The van der Waals surface area contributed by atoms with Gasteiger partial charge in [0.15, 0.2) is 0 Å². The Labute approximate surface area is 131 Å². The number of hydrogen-bond donors (Lipinski definition) is 0. The summed E-state index contributed by atoms with van der Waals surface area (Å²) < 4.78 is 2.02. The molecule has 1 aromatic heterocycles. The molecular formula is C19H21N3. The number of aromatic nitrogens is 3. The molecule has 0 atom stereocenters. The molecule has 0 aliphatic carbocycles. The zero-order valence-electron chi connectivity index (χ0n) is 12.9. The summed E-state index contributed by atoms with van der Waals surface area (Å²) in [4.78, 5) is 0. The summed E-state index contributed by atoms with van der Waals surface area (Å²) >= 11 is 0. The normalized spacial score (nSPS) is 10.8. The van der Waals surface area contributed by atoms with E-state index in [1.807, 2.05) is 16.8 Å². The molecule has 112 valence electrons. The first-order chi connectivity index (χ1) is 10.9. The number of rotatable bonds is 6. The lowest BCUT2D eigenvalue weighted by molar-refractivity contribution is 0.654. The fourth-order valence-electron chi connectivity index (χ4n) is 2.64. The topological polar surface area (TPSA) is 30.7 Å². The molecule has 2 aromatic carbocycles. The lowest BCUT2D eigenvalue weighted by Gasteiger charge is -2.08. The second kappa shape index (κ2) is 7.03. The Morgan fingerprint density at radius 1 is 0.909 bits per heavy atom. The van der Waals surface area contributed by atoms with Gasteiger partial charge in [-0.25, -0.2) is 4.68 Å². The summed E-state index contributed by atoms with van der Waals surface area (Å²) in [6.07, 6.45) is 3.29. The smallest absolute Gasteiger partial charge is 0.0921 e. The summed E-state index contributed by atoms with van der Waals surface area (Å²) in [6, 6.07) is 20.9. The summed E-state index contributed by atoms with van der Waals surface area (Å²) in [5, 5.41) is 8.85. The van der Waals surface area contributed by atoms with Gasteiger partial charge in [0.1, 0.15) is 0 Å². The molecule has 0 unspecified atom stereocenters. The number of unbranched alkanes of at least 4 members (excludes halogenated alkanes) is 1. The molecule has 3 nitrogen and oxygen atoms in total. The predicted molar refractivity (Wildman–Crippen MR) is 89.6 cm³/mol. The third-order valence-corrected chi connectivity index (χ3v) is 3.79. The molecule has 0 saturated carbocycles. The fourth-order valence-corrected chi connectivity index (χ4v) is 2.64. The van der Waals surface area contributed by atoms with Crippen LogP contribution in [0.3, 0.4) is 0 Å². The van der Waals surface area contributed by atoms with Crippen LogP contribution in [-0.4, -0.2) is 15.0 Å². The van der Waals surface area contributed by atoms with Crippen LogP contribution < -0.4 is 0 Å². The van der Waals surface area contributed by atoms with Gasteiger partial charge in [0.05, 0.1) is 17.9 Å². The fraction of sp³-hybridized carbons (Fsp3) is 0.263. The van der Waals surface area contributed by atoms with Crippen molar-refractivity contribution >= 4 is 0 Å². The minimum atomic E-state index is 0.754. The van der Waals surface area contributed by atoms with E-state index in [1.165, 1.54) is 17.5 Å². The van der Waals surface area contributed by atoms with E-state index in [2.05, 4.69) is 65.8 Å². The van der Waals surface area contributed by atoms with Crippen LogP contribution in [-0.2, 0) is 13.0 Å². The summed E-state index contributed by atoms with van der Waals surface area (Å²) in [5.41, 5.74) is 4.68. The molecular weight excluding hydrogens is 270 g/mol. The zero-order chi connectivity index (χ0) is 15.2. The van der Waals surface area contributed by atoms with E-state index >= 15 is 0 Å². The average molecular weight is 291 g/mol. The van der Waals surface area contributed by atoms with Gasteiger partial charge in [-0.2, -0.15) is 0 Å². The highest BCUT2D eigenvalue weighted by Gasteiger charge is 2.14. The standard InChI is InChI=1S/C19H21N3/c1-2-3-14-18-19(17-12-8-5-9-13-17)22(21-20-18)15-16-10-6-4-7-11-16/h4-13H,2-3,14-15H2,1H3. The van der Waals surface area contributed by atoms with E-state index in [4.69, 9.17) is 0 Å². The van der Waals surface area contributed by atoms with Crippen molar-refractivity contribution in [2.45, 2.75) is 32.7 Å². The lowest BCUT2D eigenvalue weighted by atomic mass is 10.1. The summed E-state index contributed by atoms with van der Waals surface area (Å²) in [6.45, 7) is 2.96. The van der Waals surface area contributed by atoms with E-state index < -0.39 is 0 Å². The largest absolute Gasteiger partial charge is 0.240 e. The molecule has 0 fully saturated rings. The summed E-state index contributed by atoms with van der Waals surface area (Å²) in [7, 11) is 0. The number of nitrogens with zero attached hydrogens (tertiary/aromatic N) is 3. The van der Waals surface area contributed by atoms with Gasteiger partial charge in [0.2, 0.25) is 0 Å². The second-order valence-corrected chi connectivity index (χ2v) is 5.50. The minimum Gasteiger partial charge on any atom is -0.240 e.